The Balaban J connectivity index is 1.73. The Morgan fingerprint density at radius 1 is 1.23 bits per heavy atom. The zero-order valence-corrected chi connectivity index (χ0v) is 15.6. The van der Waals surface area contributed by atoms with Crippen molar-refractivity contribution in [1.82, 2.24) is 24.6 Å². The highest BCUT2D eigenvalue weighted by Gasteiger charge is 2.36. The van der Waals surface area contributed by atoms with Crippen LogP contribution >= 0.6 is 0 Å². The minimum Gasteiger partial charge on any atom is -0.480 e. The number of nitrogens with zero attached hydrogens (tertiary/aromatic N) is 5. The summed E-state index contributed by atoms with van der Waals surface area (Å²) in [7, 11) is 1.42. The van der Waals surface area contributed by atoms with Crippen LogP contribution in [-0.4, -0.2) is 50.8 Å². The van der Waals surface area contributed by atoms with Gasteiger partial charge in [-0.25, -0.2) is 14.1 Å². The molecule has 4 rings (SSSR count). The summed E-state index contributed by atoms with van der Waals surface area (Å²) in [5.41, 5.74) is 0.710. The van der Waals surface area contributed by atoms with Gasteiger partial charge in [0.2, 0.25) is 5.88 Å². The molecule has 11 heteroatoms. The van der Waals surface area contributed by atoms with Gasteiger partial charge in [-0.1, -0.05) is 18.7 Å². The zero-order valence-electron chi connectivity index (χ0n) is 15.6. The maximum Gasteiger partial charge on any atom is 0.416 e. The Hall–Kier alpha value is -3.50. The molecule has 1 aliphatic rings. The molecule has 3 heterocycles. The number of aromatic nitrogens is 4. The van der Waals surface area contributed by atoms with Gasteiger partial charge in [0.15, 0.2) is 11.5 Å². The third kappa shape index (κ3) is 3.36. The molecular formula is C19H15F4N5O2. The molecule has 0 atom stereocenters. The molecule has 1 aliphatic heterocycles. The molecule has 0 bridgehead atoms. The van der Waals surface area contributed by atoms with Crippen LogP contribution in [0, 0.1) is 0 Å². The van der Waals surface area contributed by atoms with Crippen LogP contribution in [0.2, 0.25) is 0 Å². The van der Waals surface area contributed by atoms with Crippen LogP contribution in [0.5, 0.6) is 5.88 Å². The van der Waals surface area contributed by atoms with Gasteiger partial charge in [0, 0.05) is 18.7 Å². The van der Waals surface area contributed by atoms with Gasteiger partial charge < -0.3 is 9.64 Å². The molecule has 1 amide bonds. The number of fused-ring (bicyclic) bond motifs is 1. The van der Waals surface area contributed by atoms with Gasteiger partial charge >= 0.3 is 6.18 Å². The summed E-state index contributed by atoms with van der Waals surface area (Å²) < 4.78 is 58.3. The first-order valence-electron chi connectivity index (χ1n) is 8.79. The molecule has 1 saturated heterocycles. The SMILES string of the molecule is C=C(F)C(=O)N1CC(n2nc(-c3ccc(C(F)(F)F)cc3)c3ncc(OC)nc32)C1. The molecule has 156 valence electrons. The predicted molar refractivity (Wildman–Crippen MR) is 98.2 cm³/mol. The maximum atomic E-state index is 13.1. The topological polar surface area (TPSA) is 73.1 Å². The van der Waals surface area contributed by atoms with Crippen molar-refractivity contribution < 1.29 is 27.1 Å². The first kappa shape index (κ1) is 19.8. The van der Waals surface area contributed by atoms with E-state index in [0.717, 1.165) is 12.1 Å². The summed E-state index contributed by atoms with van der Waals surface area (Å²) in [6.45, 7) is 3.37. The van der Waals surface area contributed by atoms with E-state index >= 15 is 0 Å². The maximum absolute atomic E-state index is 13.1. The molecule has 1 aromatic carbocycles. The van der Waals surface area contributed by atoms with Crippen LogP contribution in [0.15, 0.2) is 42.9 Å². The number of carbonyl (C=O) groups is 1. The standard InChI is InChI=1S/C19H15F4N5O2/c1-10(20)18(29)27-8-13(9-27)28-17-16(24-7-14(25-17)30-2)15(26-28)11-3-5-12(6-4-11)19(21,22)23/h3-7,13H,1,8-9H2,2H3. The second-order valence-electron chi connectivity index (χ2n) is 6.72. The number of likely N-dealkylation sites (tertiary alicyclic amines) is 1. The minimum absolute atomic E-state index is 0.184. The molecule has 3 aromatic rings. The number of hydrogen-bond acceptors (Lipinski definition) is 5. The average Bonchev–Trinajstić information content (AvgIpc) is 3.04. The number of methoxy groups -OCH3 is 1. The largest absolute Gasteiger partial charge is 0.480 e. The molecule has 7 nitrogen and oxygen atoms in total. The normalized spacial score (nSPS) is 14.6. The van der Waals surface area contributed by atoms with Crippen LogP contribution in [0.25, 0.3) is 22.4 Å². The van der Waals surface area contributed by atoms with E-state index in [1.54, 1.807) is 0 Å². The van der Waals surface area contributed by atoms with Crippen LogP contribution in [-0.2, 0) is 11.0 Å². The second kappa shape index (κ2) is 7.08. The molecule has 0 aliphatic carbocycles. The molecule has 1 fully saturated rings. The van der Waals surface area contributed by atoms with Crippen molar-refractivity contribution in [2.45, 2.75) is 12.2 Å². The third-order valence-corrected chi connectivity index (χ3v) is 4.80. The van der Waals surface area contributed by atoms with E-state index in [4.69, 9.17) is 4.74 Å². The van der Waals surface area contributed by atoms with Gasteiger partial charge in [-0.2, -0.15) is 23.3 Å². The quantitative estimate of drug-likeness (QED) is 0.477. The zero-order chi connectivity index (χ0) is 21.6. The fourth-order valence-electron chi connectivity index (χ4n) is 3.20. The monoisotopic (exact) mass is 421 g/mol. The number of amides is 1. The predicted octanol–water partition coefficient (Wildman–Crippen LogP) is 3.39. The number of alkyl halides is 3. The van der Waals surface area contributed by atoms with Crippen LogP contribution in [0.3, 0.4) is 0 Å². The fraction of sp³-hybridized carbons (Fsp3) is 0.263. The molecule has 0 unspecified atom stereocenters. The van der Waals surface area contributed by atoms with Crippen LogP contribution < -0.4 is 4.74 Å². The van der Waals surface area contributed by atoms with E-state index < -0.39 is 23.5 Å². The molecule has 0 saturated carbocycles. The molecular weight excluding hydrogens is 406 g/mol. The molecule has 30 heavy (non-hydrogen) atoms. The van der Waals surface area contributed by atoms with Crippen molar-refractivity contribution in [1.29, 1.82) is 0 Å². The van der Waals surface area contributed by atoms with E-state index in [1.807, 2.05) is 0 Å². The van der Waals surface area contributed by atoms with Gasteiger partial charge in [0.05, 0.1) is 24.9 Å². The number of benzene rings is 1. The Bertz CT molecular complexity index is 1130. The van der Waals surface area contributed by atoms with Crippen molar-refractivity contribution in [3.8, 4) is 17.1 Å². The lowest BCUT2D eigenvalue weighted by Crippen LogP contribution is -2.51. The Kier molecular flexibility index (Phi) is 4.67. The van der Waals surface area contributed by atoms with Gasteiger partial charge in [-0.3, -0.25) is 4.79 Å². The van der Waals surface area contributed by atoms with E-state index in [-0.39, 0.29) is 25.0 Å². The summed E-state index contributed by atoms with van der Waals surface area (Å²) in [6, 6.07) is 4.25. The smallest absolute Gasteiger partial charge is 0.416 e. The first-order valence-corrected chi connectivity index (χ1v) is 8.79. The highest BCUT2D eigenvalue weighted by atomic mass is 19.4. The van der Waals surface area contributed by atoms with Crippen molar-refractivity contribution in [2.75, 3.05) is 20.2 Å². The Morgan fingerprint density at radius 2 is 1.90 bits per heavy atom. The van der Waals surface area contributed by atoms with Crippen molar-refractivity contribution in [3.05, 3.63) is 48.4 Å². The lowest BCUT2D eigenvalue weighted by molar-refractivity contribution is -0.137. The van der Waals surface area contributed by atoms with Gasteiger partial charge in [0.25, 0.3) is 5.91 Å². The second-order valence-corrected chi connectivity index (χ2v) is 6.72. The van der Waals surface area contributed by atoms with E-state index in [1.165, 1.54) is 35.0 Å². The van der Waals surface area contributed by atoms with Gasteiger partial charge in [-0.05, 0) is 12.1 Å². The number of halogens is 4. The average molecular weight is 421 g/mol. The number of ether oxygens (including phenoxy) is 1. The van der Waals surface area contributed by atoms with Crippen molar-refractivity contribution in [3.63, 3.8) is 0 Å². The Labute approximate surface area is 167 Å². The van der Waals surface area contributed by atoms with E-state index in [0.29, 0.717) is 22.4 Å². The summed E-state index contributed by atoms with van der Waals surface area (Å²) in [4.78, 5) is 21.6. The lowest BCUT2D eigenvalue weighted by Gasteiger charge is -2.38. The van der Waals surface area contributed by atoms with Crippen LogP contribution in [0.1, 0.15) is 11.6 Å². The third-order valence-electron chi connectivity index (χ3n) is 4.80. The van der Waals surface area contributed by atoms with E-state index in [2.05, 4.69) is 21.6 Å². The van der Waals surface area contributed by atoms with Gasteiger partial charge in [-0.15, -0.1) is 0 Å². The highest BCUT2D eigenvalue weighted by Crippen LogP contribution is 2.34. The van der Waals surface area contributed by atoms with Crippen molar-refractivity contribution >= 4 is 17.1 Å². The van der Waals surface area contributed by atoms with Crippen molar-refractivity contribution in [2.24, 2.45) is 0 Å². The Morgan fingerprint density at radius 3 is 2.47 bits per heavy atom. The number of carbonyl (C=O) groups excluding carboxylic acids is 1. The summed E-state index contributed by atoms with van der Waals surface area (Å²) in [5, 5.41) is 4.49. The van der Waals surface area contributed by atoms with Crippen LogP contribution in [0.4, 0.5) is 17.6 Å². The highest BCUT2D eigenvalue weighted by molar-refractivity contribution is 5.91. The fourth-order valence-corrected chi connectivity index (χ4v) is 3.20. The lowest BCUT2D eigenvalue weighted by atomic mass is 10.1. The minimum atomic E-state index is -4.45. The summed E-state index contributed by atoms with van der Waals surface area (Å²) >= 11 is 0. The molecule has 0 radical (unpaired) electrons. The molecule has 0 N–H and O–H groups in total. The van der Waals surface area contributed by atoms with Gasteiger partial charge in [0.1, 0.15) is 11.2 Å². The first-order chi connectivity index (χ1) is 14.2. The molecule has 2 aromatic heterocycles. The number of hydrogen-bond donors (Lipinski definition) is 0. The molecule has 0 spiro atoms. The summed E-state index contributed by atoms with van der Waals surface area (Å²) in [5.74, 6) is -1.62. The number of rotatable bonds is 4. The summed E-state index contributed by atoms with van der Waals surface area (Å²) in [6.07, 6.45) is -3.07. The van der Waals surface area contributed by atoms with E-state index in [9.17, 15) is 22.4 Å².